The molecule has 2 fully saturated rings. The summed E-state index contributed by atoms with van der Waals surface area (Å²) in [6.07, 6.45) is 5.47. The van der Waals surface area contributed by atoms with Gasteiger partial charge in [-0.1, -0.05) is 6.07 Å². The zero-order valence-electron chi connectivity index (χ0n) is 19.9. The number of methoxy groups -OCH3 is 1. The van der Waals surface area contributed by atoms with Crippen LogP contribution in [0.1, 0.15) is 32.6 Å². The van der Waals surface area contributed by atoms with E-state index in [4.69, 9.17) is 4.74 Å². The second-order valence-corrected chi connectivity index (χ2v) is 9.56. The first kappa shape index (κ1) is 23.3. The fourth-order valence-electron chi connectivity index (χ4n) is 5.26. The summed E-state index contributed by atoms with van der Waals surface area (Å²) >= 11 is 0. The molecule has 35 heavy (non-hydrogen) atoms. The molecule has 4 atom stereocenters. The van der Waals surface area contributed by atoms with E-state index in [1.54, 1.807) is 18.3 Å². The van der Waals surface area contributed by atoms with Crippen molar-refractivity contribution in [2.45, 2.75) is 56.4 Å². The van der Waals surface area contributed by atoms with Crippen LogP contribution in [-0.4, -0.2) is 63.2 Å². The molecule has 3 aromatic rings. The second-order valence-electron chi connectivity index (χ2n) is 9.56. The maximum absolute atomic E-state index is 15.4. The molecule has 1 aromatic carbocycles. The quantitative estimate of drug-likeness (QED) is 0.529. The second kappa shape index (κ2) is 8.99. The van der Waals surface area contributed by atoms with Crippen molar-refractivity contribution in [2.24, 2.45) is 0 Å². The first-order valence-corrected chi connectivity index (χ1v) is 11.7. The SMILES string of the molecule is COc1cc(-c2ccc(-c3ncc(N(C)[C@H]4C[C@@H]5CCC[C@@](C)(N5)[C@H]4F)nn3)c(O)c2)cnc1F. The van der Waals surface area contributed by atoms with E-state index in [9.17, 15) is 9.50 Å². The average Bonchev–Trinajstić information content (AvgIpc) is 2.86. The third-order valence-corrected chi connectivity index (χ3v) is 7.26. The molecule has 5 rings (SSSR count). The Balaban J connectivity index is 1.36. The van der Waals surface area contributed by atoms with Gasteiger partial charge in [-0.2, -0.15) is 4.39 Å². The van der Waals surface area contributed by atoms with E-state index in [2.05, 4.69) is 25.5 Å². The Morgan fingerprint density at radius 1 is 1.17 bits per heavy atom. The Morgan fingerprint density at radius 2 is 2.00 bits per heavy atom. The third-order valence-electron chi connectivity index (χ3n) is 7.26. The van der Waals surface area contributed by atoms with Crippen LogP contribution in [-0.2, 0) is 0 Å². The van der Waals surface area contributed by atoms with Crippen molar-refractivity contribution in [1.29, 1.82) is 0 Å². The largest absolute Gasteiger partial charge is 0.507 e. The van der Waals surface area contributed by atoms with Gasteiger partial charge in [0.15, 0.2) is 17.4 Å². The van der Waals surface area contributed by atoms with Crippen molar-refractivity contribution < 1.29 is 18.6 Å². The minimum Gasteiger partial charge on any atom is -0.507 e. The van der Waals surface area contributed by atoms with Crippen molar-refractivity contribution in [2.75, 3.05) is 19.1 Å². The molecule has 0 spiro atoms. The Kier molecular flexibility index (Phi) is 6.00. The highest BCUT2D eigenvalue weighted by Gasteiger charge is 2.49. The van der Waals surface area contributed by atoms with Crippen LogP contribution in [0.5, 0.6) is 11.5 Å². The van der Waals surface area contributed by atoms with Crippen molar-refractivity contribution >= 4 is 5.82 Å². The minimum atomic E-state index is -1.04. The molecule has 2 aliphatic rings. The molecule has 10 heteroatoms. The average molecular weight is 483 g/mol. The maximum atomic E-state index is 15.4. The van der Waals surface area contributed by atoms with Crippen molar-refractivity contribution in [3.05, 3.63) is 42.6 Å². The highest BCUT2D eigenvalue weighted by molar-refractivity contribution is 5.73. The molecule has 2 bridgehead atoms. The van der Waals surface area contributed by atoms with Crippen LogP contribution in [0.4, 0.5) is 14.6 Å². The normalized spacial score (nSPS) is 25.8. The molecule has 0 unspecified atom stereocenters. The summed E-state index contributed by atoms with van der Waals surface area (Å²) in [6.45, 7) is 1.96. The number of phenols is 1. The van der Waals surface area contributed by atoms with Crippen LogP contribution in [0.15, 0.2) is 36.7 Å². The van der Waals surface area contributed by atoms with Crippen LogP contribution in [0.3, 0.4) is 0 Å². The Labute approximate surface area is 202 Å². The number of benzene rings is 1. The zero-order valence-corrected chi connectivity index (χ0v) is 19.9. The molecule has 0 radical (unpaired) electrons. The van der Waals surface area contributed by atoms with Gasteiger partial charge in [-0.15, -0.1) is 10.2 Å². The molecule has 2 aromatic heterocycles. The summed E-state index contributed by atoms with van der Waals surface area (Å²) in [5.41, 5.74) is 1.07. The van der Waals surface area contributed by atoms with Gasteiger partial charge in [0.1, 0.15) is 11.9 Å². The number of aromatic nitrogens is 4. The van der Waals surface area contributed by atoms with Crippen LogP contribution in [0.2, 0.25) is 0 Å². The number of fused-ring (bicyclic) bond motifs is 2. The summed E-state index contributed by atoms with van der Waals surface area (Å²) < 4.78 is 34.0. The van der Waals surface area contributed by atoms with E-state index in [0.717, 1.165) is 19.3 Å². The number of anilines is 1. The Bertz CT molecular complexity index is 1230. The van der Waals surface area contributed by atoms with E-state index < -0.39 is 17.7 Å². The Hall–Kier alpha value is -3.40. The fourth-order valence-corrected chi connectivity index (χ4v) is 5.26. The number of hydrogen-bond acceptors (Lipinski definition) is 8. The Morgan fingerprint density at radius 3 is 2.71 bits per heavy atom. The predicted molar refractivity (Wildman–Crippen MR) is 128 cm³/mol. The van der Waals surface area contributed by atoms with Gasteiger partial charge in [0.2, 0.25) is 0 Å². The molecular weight excluding hydrogens is 454 g/mol. The van der Waals surface area contributed by atoms with Crippen LogP contribution >= 0.6 is 0 Å². The molecule has 2 saturated heterocycles. The molecule has 2 N–H and O–H groups in total. The summed E-state index contributed by atoms with van der Waals surface area (Å²) in [6, 6.07) is 6.41. The number of ether oxygens (including phenoxy) is 1. The van der Waals surface area contributed by atoms with Gasteiger partial charge in [0.25, 0.3) is 5.95 Å². The summed E-state index contributed by atoms with van der Waals surface area (Å²) in [4.78, 5) is 9.90. The number of halogens is 2. The molecule has 2 aliphatic heterocycles. The summed E-state index contributed by atoms with van der Waals surface area (Å²) in [7, 11) is 3.19. The lowest BCUT2D eigenvalue weighted by Crippen LogP contribution is -2.68. The number of hydrogen-bond donors (Lipinski definition) is 2. The molecule has 0 amide bonds. The topological polar surface area (TPSA) is 96.3 Å². The van der Waals surface area contributed by atoms with Gasteiger partial charge in [0.05, 0.1) is 24.9 Å². The monoisotopic (exact) mass is 482 g/mol. The van der Waals surface area contributed by atoms with Gasteiger partial charge in [-0.3, -0.25) is 0 Å². The van der Waals surface area contributed by atoms with Gasteiger partial charge in [-0.05, 0) is 56.4 Å². The van der Waals surface area contributed by atoms with Crippen molar-refractivity contribution in [3.63, 3.8) is 0 Å². The summed E-state index contributed by atoms with van der Waals surface area (Å²) in [5.74, 6) is -0.0307. The minimum absolute atomic E-state index is 0.0141. The number of pyridine rings is 1. The number of alkyl halides is 1. The number of nitrogens with one attached hydrogen (secondary N) is 1. The molecule has 184 valence electrons. The van der Waals surface area contributed by atoms with E-state index in [1.165, 1.54) is 25.4 Å². The number of nitrogens with zero attached hydrogens (tertiary/aromatic N) is 5. The lowest BCUT2D eigenvalue weighted by molar-refractivity contribution is 0.0405. The van der Waals surface area contributed by atoms with Crippen LogP contribution in [0, 0.1) is 5.95 Å². The lowest BCUT2D eigenvalue weighted by atomic mass is 9.73. The van der Waals surface area contributed by atoms with E-state index >= 15 is 4.39 Å². The first-order chi connectivity index (χ1) is 16.8. The lowest BCUT2D eigenvalue weighted by Gasteiger charge is -2.52. The van der Waals surface area contributed by atoms with E-state index in [0.29, 0.717) is 35.0 Å². The van der Waals surface area contributed by atoms with Gasteiger partial charge in [0, 0.05) is 30.4 Å². The van der Waals surface area contributed by atoms with E-state index in [1.807, 2.05) is 18.9 Å². The fraction of sp³-hybridized carbons (Fsp3) is 0.440. The number of aromatic hydroxyl groups is 1. The first-order valence-electron chi connectivity index (χ1n) is 11.7. The van der Waals surface area contributed by atoms with E-state index in [-0.39, 0.29) is 23.4 Å². The van der Waals surface area contributed by atoms with Gasteiger partial charge in [-0.25, -0.2) is 14.4 Å². The van der Waals surface area contributed by atoms with Crippen molar-refractivity contribution in [1.82, 2.24) is 25.5 Å². The molecule has 0 saturated carbocycles. The smallest absolute Gasteiger partial charge is 0.255 e. The third kappa shape index (κ3) is 4.27. The maximum Gasteiger partial charge on any atom is 0.255 e. The van der Waals surface area contributed by atoms with Gasteiger partial charge < -0.3 is 20.1 Å². The number of piperidine rings is 2. The van der Waals surface area contributed by atoms with Crippen LogP contribution < -0.4 is 15.0 Å². The molecule has 4 heterocycles. The number of rotatable bonds is 5. The standard InChI is InChI=1S/C25H28F2N6O2/c1-25-8-4-5-16(30-25)11-18(22(25)26)33(2)21-13-29-24(32-31-21)17-7-6-14(9-19(17)34)15-10-20(35-3)23(27)28-12-15/h6-7,9-10,12-13,16,18,22,30,34H,4-5,8,11H2,1-3H3/t16-,18-,22-,25+/m0/s1. The highest BCUT2D eigenvalue weighted by atomic mass is 19.1. The zero-order chi connectivity index (χ0) is 24.7. The van der Waals surface area contributed by atoms with Gasteiger partial charge >= 0.3 is 0 Å². The molecule has 0 aliphatic carbocycles. The van der Waals surface area contributed by atoms with Crippen molar-refractivity contribution in [3.8, 4) is 34.0 Å². The molecular formula is C25H28F2N6O2. The highest BCUT2D eigenvalue weighted by Crippen LogP contribution is 2.39. The summed E-state index contributed by atoms with van der Waals surface area (Å²) in [5, 5.41) is 22.6. The number of phenolic OH excluding ortho intramolecular Hbond substituents is 1. The molecule has 8 nitrogen and oxygen atoms in total. The predicted octanol–water partition coefficient (Wildman–Crippen LogP) is 3.90. The van der Waals surface area contributed by atoms with Crippen LogP contribution in [0.25, 0.3) is 22.5 Å².